The average Bonchev–Trinajstić information content (AvgIpc) is 3.29. The van der Waals surface area contributed by atoms with Gasteiger partial charge in [-0.05, 0) is 31.0 Å². The van der Waals surface area contributed by atoms with E-state index in [-0.39, 0.29) is 0 Å². The van der Waals surface area contributed by atoms with Crippen LogP contribution in [-0.4, -0.2) is 25.1 Å². The van der Waals surface area contributed by atoms with Crippen molar-refractivity contribution in [2.24, 2.45) is 0 Å². The number of anilines is 2. The second-order valence-corrected chi connectivity index (χ2v) is 7.83. The Morgan fingerprint density at radius 2 is 1.90 bits per heavy atom. The standard InChI is InChI=1S/C20H16F2N6S/c21-14-7-2-1-6-12(14)16-17(13-8-9-23-10-15(13)22)29-20(24-16)26-19-25-18(27-28-19)11-4-3-5-11/h1-2,6-11H,3-5H2,(H2,24,25,26,27,28). The van der Waals surface area contributed by atoms with Gasteiger partial charge in [0, 0.05) is 23.2 Å². The van der Waals surface area contributed by atoms with Crippen LogP contribution in [0.1, 0.15) is 31.0 Å². The zero-order valence-electron chi connectivity index (χ0n) is 15.2. The van der Waals surface area contributed by atoms with Gasteiger partial charge in [0.25, 0.3) is 0 Å². The van der Waals surface area contributed by atoms with Gasteiger partial charge < -0.3 is 0 Å². The molecule has 6 nitrogen and oxygen atoms in total. The first-order valence-corrected chi connectivity index (χ1v) is 10.1. The van der Waals surface area contributed by atoms with Gasteiger partial charge in [0.15, 0.2) is 5.13 Å². The van der Waals surface area contributed by atoms with Crippen molar-refractivity contribution in [1.29, 1.82) is 0 Å². The third kappa shape index (κ3) is 3.38. The monoisotopic (exact) mass is 410 g/mol. The number of rotatable bonds is 5. The molecule has 0 saturated heterocycles. The van der Waals surface area contributed by atoms with Crippen molar-refractivity contribution in [1.82, 2.24) is 25.1 Å². The first kappa shape index (κ1) is 17.9. The molecule has 4 aromatic rings. The summed E-state index contributed by atoms with van der Waals surface area (Å²) in [5, 5.41) is 10.7. The Kier molecular flexibility index (Phi) is 4.51. The number of hydrogen-bond acceptors (Lipinski definition) is 6. The molecule has 9 heteroatoms. The first-order chi connectivity index (χ1) is 14.2. The molecule has 0 radical (unpaired) electrons. The summed E-state index contributed by atoms with van der Waals surface area (Å²) < 4.78 is 28.9. The summed E-state index contributed by atoms with van der Waals surface area (Å²) in [5.74, 6) is 0.744. The number of H-pyrrole nitrogens is 1. The number of nitrogens with one attached hydrogen (secondary N) is 2. The Labute approximate surface area is 169 Å². The normalized spacial score (nSPS) is 14.0. The molecular formula is C20H16F2N6S. The number of aromatic nitrogens is 5. The minimum atomic E-state index is -0.495. The van der Waals surface area contributed by atoms with Crippen molar-refractivity contribution in [3.63, 3.8) is 0 Å². The first-order valence-electron chi connectivity index (χ1n) is 9.24. The van der Waals surface area contributed by atoms with E-state index in [2.05, 4.69) is 30.5 Å². The largest absolute Gasteiger partial charge is 0.299 e. The molecule has 1 aliphatic carbocycles. The SMILES string of the molecule is Fc1ccccc1-c1nc(Nc2n[nH]c(C3CCC3)n2)sc1-c1ccncc1F. The number of thiazole rings is 1. The molecule has 0 unspecified atom stereocenters. The Morgan fingerprint density at radius 3 is 2.66 bits per heavy atom. The zero-order chi connectivity index (χ0) is 19.8. The third-order valence-corrected chi connectivity index (χ3v) is 5.99. The van der Waals surface area contributed by atoms with Crippen LogP contribution in [0.5, 0.6) is 0 Å². The molecule has 2 N–H and O–H groups in total. The molecule has 29 heavy (non-hydrogen) atoms. The highest BCUT2D eigenvalue weighted by Crippen LogP contribution is 2.41. The van der Waals surface area contributed by atoms with Crippen LogP contribution in [0.25, 0.3) is 21.7 Å². The summed E-state index contributed by atoms with van der Waals surface area (Å²) in [4.78, 5) is 13.3. The Morgan fingerprint density at radius 1 is 1.03 bits per heavy atom. The molecule has 0 bridgehead atoms. The van der Waals surface area contributed by atoms with E-state index in [0.717, 1.165) is 24.9 Å². The van der Waals surface area contributed by atoms with Gasteiger partial charge in [-0.1, -0.05) is 29.9 Å². The fraction of sp³-hybridized carbons (Fsp3) is 0.200. The van der Waals surface area contributed by atoms with Crippen LogP contribution in [0.15, 0.2) is 42.7 Å². The lowest BCUT2D eigenvalue weighted by atomic mass is 9.85. The molecule has 3 aromatic heterocycles. The number of benzene rings is 1. The van der Waals surface area contributed by atoms with Gasteiger partial charge in [0.2, 0.25) is 5.95 Å². The number of hydrogen-bond donors (Lipinski definition) is 2. The maximum atomic E-state index is 14.5. The highest BCUT2D eigenvalue weighted by Gasteiger charge is 2.24. The second kappa shape index (κ2) is 7.32. The maximum absolute atomic E-state index is 14.5. The molecule has 1 aliphatic rings. The van der Waals surface area contributed by atoms with E-state index >= 15 is 0 Å². The van der Waals surface area contributed by atoms with Gasteiger partial charge in [-0.2, -0.15) is 4.98 Å². The van der Waals surface area contributed by atoms with Gasteiger partial charge in [0.05, 0.1) is 16.8 Å². The highest BCUT2D eigenvalue weighted by atomic mass is 32.1. The lowest BCUT2D eigenvalue weighted by molar-refractivity contribution is 0.402. The van der Waals surface area contributed by atoms with Gasteiger partial charge in [-0.3, -0.25) is 15.4 Å². The lowest BCUT2D eigenvalue weighted by Crippen LogP contribution is -2.10. The number of halogens is 2. The van der Waals surface area contributed by atoms with Crippen LogP contribution in [0.2, 0.25) is 0 Å². The number of aromatic amines is 1. The minimum Gasteiger partial charge on any atom is -0.299 e. The maximum Gasteiger partial charge on any atom is 0.248 e. The van der Waals surface area contributed by atoms with Gasteiger partial charge >= 0.3 is 0 Å². The smallest absolute Gasteiger partial charge is 0.248 e. The molecule has 1 aromatic carbocycles. The fourth-order valence-electron chi connectivity index (χ4n) is 3.24. The second-order valence-electron chi connectivity index (χ2n) is 6.83. The van der Waals surface area contributed by atoms with E-state index in [4.69, 9.17) is 0 Å². The summed E-state index contributed by atoms with van der Waals surface area (Å²) in [6.07, 6.45) is 6.04. The molecule has 5 rings (SSSR count). The van der Waals surface area contributed by atoms with E-state index in [1.165, 1.54) is 30.0 Å². The predicted molar refractivity (Wildman–Crippen MR) is 107 cm³/mol. The van der Waals surface area contributed by atoms with Crippen molar-refractivity contribution < 1.29 is 8.78 Å². The lowest BCUT2D eigenvalue weighted by Gasteiger charge is -2.22. The average molecular weight is 410 g/mol. The topological polar surface area (TPSA) is 79.4 Å². The van der Waals surface area contributed by atoms with E-state index in [0.29, 0.717) is 38.7 Å². The van der Waals surface area contributed by atoms with Gasteiger partial charge in [-0.25, -0.2) is 13.8 Å². The van der Waals surface area contributed by atoms with Crippen molar-refractivity contribution in [2.45, 2.75) is 25.2 Å². The van der Waals surface area contributed by atoms with E-state index in [1.54, 1.807) is 24.3 Å². The summed E-state index contributed by atoms with van der Waals surface area (Å²) in [6, 6.07) is 7.86. The van der Waals surface area contributed by atoms with Crippen LogP contribution in [-0.2, 0) is 0 Å². The fourth-order valence-corrected chi connectivity index (χ4v) is 4.24. The van der Waals surface area contributed by atoms with Gasteiger partial charge in [0.1, 0.15) is 17.5 Å². The highest BCUT2D eigenvalue weighted by molar-refractivity contribution is 7.19. The van der Waals surface area contributed by atoms with Crippen molar-refractivity contribution in [3.05, 3.63) is 60.2 Å². The number of pyridine rings is 1. The molecular weight excluding hydrogens is 394 g/mol. The quantitative estimate of drug-likeness (QED) is 0.468. The van der Waals surface area contributed by atoms with Crippen molar-refractivity contribution in [2.75, 3.05) is 5.32 Å². The van der Waals surface area contributed by atoms with Crippen molar-refractivity contribution >= 4 is 22.4 Å². The molecule has 0 spiro atoms. The van der Waals surface area contributed by atoms with E-state index < -0.39 is 11.6 Å². The Bertz CT molecular complexity index is 1100. The minimum absolute atomic E-state index is 0.299. The summed E-state index contributed by atoms with van der Waals surface area (Å²) >= 11 is 1.21. The van der Waals surface area contributed by atoms with Crippen LogP contribution in [0, 0.1) is 11.6 Å². The van der Waals surface area contributed by atoms with Gasteiger partial charge in [-0.15, -0.1) is 5.10 Å². The molecule has 1 saturated carbocycles. The van der Waals surface area contributed by atoms with Crippen LogP contribution >= 0.6 is 11.3 Å². The molecule has 0 amide bonds. The van der Waals surface area contributed by atoms with Crippen molar-refractivity contribution in [3.8, 4) is 21.7 Å². The Hall–Kier alpha value is -3.20. The third-order valence-electron chi connectivity index (χ3n) is 4.99. The van der Waals surface area contributed by atoms with Crippen LogP contribution in [0.4, 0.5) is 19.9 Å². The Balaban J connectivity index is 1.55. The summed E-state index contributed by atoms with van der Waals surface area (Å²) in [5.41, 5.74) is 0.970. The molecule has 0 atom stereocenters. The summed E-state index contributed by atoms with van der Waals surface area (Å²) in [6.45, 7) is 0. The van der Waals surface area contributed by atoms with E-state index in [9.17, 15) is 8.78 Å². The number of nitrogens with zero attached hydrogens (tertiary/aromatic N) is 4. The van der Waals surface area contributed by atoms with E-state index in [1.807, 2.05) is 0 Å². The molecule has 3 heterocycles. The zero-order valence-corrected chi connectivity index (χ0v) is 16.0. The predicted octanol–water partition coefficient (Wildman–Crippen LogP) is 5.28. The molecule has 146 valence electrons. The molecule has 1 fully saturated rings. The van der Waals surface area contributed by atoms with Crippen LogP contribution in [0.3, 0.4) is 0 Å². The summed E-state index contributed by atoms with van der Waals surface area (Å²) in [7, 11) is 0. The molecule has 0 aliphatic heterocycles. The van der Waals surface area contributed by atoms with Crippen LogP contribution < -0.4 is 5.32 Å².